The minimum Gasteiger partial charge on any atom is -0.355 e. The molecule has 1 aliphatic carbocycles. The highest BCUT2D eigenvalue weighted by Gasteiger charge is 2.29. The molecule has 2 aromatic heterocycles. The molecule has 0 bridgehead atoms. The second kappa shape index (κ2) is 9.05. The molecule has 1 atom stereocenters. The maximum atomic E-state index is 12.0. The van der Waals surface area contributed by atoms with Crippen LogP contribution in [-0.4, -0.2) is 40.0 Å². The predicted molar refractivity (Wildman–Crippen MR) is 129 cm³/mol. The fourth-order valence-electron chi connectivity index (χ4n) is 3.50. The summed E-state index contributed by atoms with van der Waals surface area (Å²) in [6.07, 6.45) is 4.78. The molecule has 1 aliphatic heterocycles. The van der Waals surface area contributed by atoms with Gasteiger partial charge in [0, 0.05) is 52.8 Å². The van der Waals surface area contributed by atoms with Gasteiger partial charge in [-0.15, -0.1) is 11.3 Å². The summed E-state index contributed by atoms with van der Waals surface area (Å²) in [6, 6.07) is 9.92. The highest BCUT2D eigenvalue weighted by Crippen LogP contribution is 2.33. The number of aromatic nitrogens is 3. The highest BCUT2D eigenvalue weighted by molar-refractivity contribution is 7.99. The first-order chi connectivity index (χ1) is 15.5. The van der Waals surface area contributed by atoms with Crippen LogP contribution in [-0.2, 0) is 4.79 Å². The molecule has 3 aromatic rings. The quantitative estimate of drug-likeness (QED) is 0.447. The van der Waals surface area contributed by atoms with Gasteiger partial charge < -0.3 is 21.3 Å². The Morgan fingerprint density at radius 2 is 2.03 bits per heavy atom. The zero-order valence-electron chi connectivity index (χ0n) is 17.7. The largest absolute Gasteiger partial charge is 0.355 e. The molecular formula is C22H25N7OS2. The fraction of sp³-hybridized carbons (Fsp3) is 0.364. The number of nitrogens with one attached hydrogen (secondary N) is 2. The Morgan fingerprint density at radius 1 is 1.22 bits per heavy atom. The number of hydrogen-bond acceptors (Lipinski definition) is 9. The van der Waals surface area contributed by atoms with E-state index in [9.17, 15) is 4.79 Å². The molecule has 1 amide bonds. The number of carbonyl (C=O) groups excluding carboxylic acids is 1. The fourth-order valence-corrected chi connectivity index (χ4v) is 4.94. The van der Waals surface area contributed by atoms with E-state index in [4.69, 9.17) is 15.7 Å². The van der Waals surface area contributed by atoms with Gasteiger partial charge in [-0.05, 0) is 62.2 Å². The van der Waals surface area contributed by atoms with Gasteiger partial charge in [-0.1, -0.05) is 0 Å². The Balaban J connectivity index is 1.35. The minimum absolute atomic E-state index is 0.110. The first-order valence-corrected chi connectivity index (χ1v) is 12.3. The van der Waals surface area contributed by atoms with E-state index < -0.39 is 0 Å². The molecule has 0 spiro atoms. The van der Waals surface area contributed by atoms with E-state index in [-0.39, 0.29) is 17.9 Å². The highest BCUT2D eigenvalue weighted by atomic mass is 32.2. The van der Waals surface area contributed by atoms with Crippen LogP contribution < -0.4 is 21.3 Å². The van der Waals surface area contributed by atoms with Crippen molar-refractivity contribution in [2.45, 2.75) is 42.3 Å². The molecule has 32 heavy (non-hydrogen) atoms. The van der Waals surface area contributed by atoms with Gasteiger partial charge in [0.2, 0.25) is 5.91 Å². The van der Waals surface area contributed by atoms with Crippen molar-refractivity contribution in [2.24, 2.45) is 11.7 Å². The third-order valence-electron chi connectivity index (χ3n) is 5.38. The summed E-state index contributed by atoms with van der Waals surface area (Å²) in [5.41, 5.74) is 6.93. The minimum atomic E-state index is 0.110. The molecule has 10 heteroatoms. The smallest absolute Gasteiger partial charge is 0.227 e. The van der Waals surface area contributed by atoms with Crippen molar-refractivity contribution in [3.63, 3.8) is 0 Å². The van der Waals surface area contributed by atoms with Gasteiger partial charge in [0.25, 0.3) is 0 Å². The maximum Gasteiger partial charge on any atom is 0.227 e. The lowest BCUT2D eigenvalue weighted by Crippen LogP contribution is -2.27. The molecule has 1 saturated carbocycles. The van der Waals surface area contributed by atoms with E-state index in [1.54, 1.807) is 11.3 Å². The monoisotopic (exact) mass is 467 g/mol. The summed E-state index contributed by atoms with van der Waals surface area (Å²) in [4.78, 5) is 30.2. The molecule has 5 rings (SSSR count). The molecule has 2 fully saturated rings. The summed E-state index contributed by atoms with van der Waals surface area (Å²) in [5, 5.41) is 7.73. The molecule has 166 valence electrons. The van der Waals surface area contributed by atoms with Crippen LogP contribution >= 0.6 is 23.1 Å². The van der Waals surface area contributed by atoms with E-state index in [0.717, 1.165) is 58.8 Å². The SMILES string of the molecule is Cc1cnc(Nc2cc(N3CC[C@H](N)C3)nc(Sc3ccc(NC(=O)C4CC4)cc3)n2)s1. The van der Waals surface area contributed by atoms with Crippen molar-refractivity contribution in [1.29, 1.82) is 0 Å². The van der Waals surface area contributed by atoms with Crippen LogP contribution in [0.15, 0.2) is 46.6 Å². The van der Waals surface area contributed by atoms with Crippen molar-refractivity contribution in [3.05, 3.63) is 41.4 Å². The van der Waals surface area contributed by atoms with Crippen molar-refractivity contribution in [1.82, 2.24) is 15.0 Å². The number of nitrogens with two attached hydrogens (primary N) is 1. The Kier molecular flexibility index (Phi) is 5.99. The topological polar surface area (TPSA) is 109 Å². The molecule has 8 nitrogen and oxygen atoms in total. The van der Waals surface area contributed by atoms with Gasteiger partial charge in [0.1, 0.15) is 11.6 Å². The van der Waals surface area contributed by atoms with Crippen molar-refractivity contribution in [3.8, 4) is 0 Å². The van der Waals surface area contributed by atoms with Crippen molar-refractivity contribution < 1.29 is 4.79 Å². The van der Waals surface area contributed by atoms with Crippen LogP contribution in [0.3, 0.4) is 0 Å². The van der Waals surface area contributed by atoms with Gasteiger partial charge in [-0.2, -0.15) is 0 Å². The molecule has 3 heterocycles. The van der Waals surface area contributed by atoms with Crippen molar-refractivity contribution >= 4 is 51.5 Å². The van der Waals surface area contributed by atoms with Crippen molar-refractivity contribution in [2.75, 3.05) is 28.6 Å². The number of amides is 1. The van der Waals surface area contributed by atoms with E-state index >= 15 is 0 Å². The summed E-state index contributed by atoms with van der Waals surface area (Å²) < 4.78 is 0. The van der Waals surface area contributed by atoms with E-state index in [2.05, 4.69) is 20.5 Å². The van der Waals surface area contributed by atoms with Crippen LogP contribution in [0.5, 0.6) is 0 Å². The number of benzene rings is 1. The summed E-state index contributed by atoms with van der Waals surface area (Å²) >= 11 is 3.07. The van der Waals surface area contributed by atoms with Crippen LogP contribution in [0.2, 0.25) is 0 Å². The van der Waals surface area contributed by atoms with Crippen LogP contribution in [0.25, 0.3) is 0 Å². The van der Waals surface area contributed by atoms with E-state index in [1.807, 2.05) is 43.5 Å². The van der Waals surface area contributed by atoms with Gasteiger partial charge >= 0.3 is 0 Å². The summed E-state index contributed by atoms with van der Waals surface area (Å²) in [5.74, 6) is 1.87. The second-order valence-corrected chi connectivity index (χ2v) is 10.5. The van der Waals surface area contributed by atoms with Crippen LogP contribution in [0, 0.1) is 12.8 Å². The van der Waals surface area contributed by atoms with Gasteiger partial charge in [0.05, 0.1) is 0 Å². The normalized spacial score (nSPS) is 18.1. The molecule has 0 unspecified atom stereocenters. The Labute approximate surface area is 195 Å². The number of rotatable bonds is 7. The first kappa shape index (κ1) is 21.2. The number of aryl methyl sites for hydroxylation is 1. The van der Waals surface area contributed by atoms with Crippen LogP contribution in [0.4, 0.5) is 22.5 Å². The zero-order valence-corrected chi connectivity index (χ0v) is 19.4. The maximum absolute atomic E-state index is 12.0. The third kappa shape index (κ3) is 5.20. The lowest BCUT2D eigenvalue weighted by atomic mass is 10.3. The lowest BCUT2D eigenvalue weighted by Gasteiger charge is -2.18. The van der Waals surface area contributed by atoms with Crippen LogP contribution in [0.1, 0.15) is 24.1 Å². The van der Waals surface area contributed by atoms with Gasteiger partial charge in [0.15, 0.2) is 10.3 Å². The number of carbonyl (C=O) groups is 1. The van der Waals surface area contributed by atoms with E-state index in [0.29, 0.717) is 11.0 Å². The molecule has 2 aliphatic rings. The predicted octanol–water partition coefficient (Wildman–Crippen LogP) is 4.02. The van der Waals surface area contributed by atoms with Gasteiger partial charge in [-0.3, -0.25) is 4.79 Å². The number of anilines is 4. The average Bonchev–Trinajstić information content (AvgIpc) is 3.42. The average molecular weight is 468 g/mol. The molecule has 1 aromatic carbocycles. The molecule has 1 saturated heterocycles. The Bertz CT molecular complexity index is 1110. The molecule has 4 N–H and O–H groups in total. The Morgan fingerprint density at radius 3 is 2.69 bits per heavy atom. The number of thiazole rings is 1. The summed E-state index contributed by atoms with van der Waals surface area (Å²) in [6.45, 7) is 3.69. The lowest BCUT2D eigenvalue weighted by molar-refractivity contribution is -0.117. The molecular weight excluding hydrogens is 442 g/mol. The third-order valence-corrected chi connectivity index (χ3v) is 7.08. The number of nitrogens with zero attached hydrogens (tertiary/aromatic N) is 4. The second-order valence-electron chi connectivity index (χ2n) is 8.18. The molecule has 0 radical (unpaired) electrons. The van der Waals surface area contributed by atoms with Gasteiger partial charge in [-0.25, -0.2) is 15.0 Å². The summed E-state index contributed by atoms with van der Waals surface area (Å²) in [7, 11) is 0. The standard InChI is InChI=1S/C22H25N7OS2/c1-13-11-24-21(31-13)26-18-10-19(29-9-8-15(23)12-29)28-22(27-18)32-17-6-4-16(5-7-17)25-20(30)14-2-3-14/h4-7,10-11,14-15H,2-3,8-9,12,23H2,1H3,(H,25,30)(H,24,26,27,28)/t15-/m0/s1. The number of hydrogen-bond donors (Lipinski definition) is 3. The first-order valence-electron chi connectivity index (χ1n) is 10.7. The van der Waals surface area contributed by atoms with E-state index in [1.165, 1.54) is 11.8 Å². The Hall–Kier alpha value is -2.69. The zero-order chi connectivity index (χ0) is 22.1.